The monoisotopic (exact) mass is 572 g/mol. The molecule has 13 N–H and O–H groups in total. The largest absolute Gasteiger partial charge is 0.480 e. The van der Waals surface area contributed by atoms with Crippen molar-refractivity contribution in [3.8, 4) is 0 Å². The van der Waals surface area contributed by atoms with Gasteiger partial charge >= 0.3 is 5.97 Å². The van der Waals surface area contributed by atoms with E-state index in [1.54, 1.807) is 13.8 Å². The van der Waals surface area contributed by atoms with Crippen molar-refractivity contribution < 1.29 is 38.7 Å². The van der Waals surface area contributed by atoms with Crippen LogP contribution in [0.2, 0.25) is 0 Å². The Morgan fingerprint density at radius 3 is 1.75 bits per heavy atom. The van der Waals surface area contributed by atoms with E-state index < -0.39 is 84.0 Å². The van der Waals surface area contributed by atoms with E-state index in [4.69, 9.17) is 22.9 Å². The summed E-state index contributed by atoms with van der Waals surface area (Å²) in [5.41, 5.74) is 21.4. The highest BCUT2D eigenvalue weighted by Gasteiger charge is 2.34. The number of unbranched alkanes of at least 4 members (excludes halogenated alkanes) is 1. The average molecular weight is 573 g/mol. The number of rotatable bonds is 20. The van der Waals surface area contributed by atoms with Gasteiger partial charge in [-0.25, -0.2) is 4.79 Å². The summed E-state index contributed by atoms with van der Waals surface area (Å²) >= 11 is 0. The van der Waals surface area contributed by atoms with Gasteiger partial charge in [-0.05, 0) is 45.1 Å². The smallest absolute Gasteiger partial charge is 0.326 e. The highest BCUT2D eigenvalue weighted by molar-refractivity contribution is 5.97. The van der Waals surface area contributed by atoms with Crippen molar-refractivity contribution >= 4 is 41.4 Å². The molecule has 0 aromatic rings. The van der Waals surface area contributed by atoms with Crippen molar-refractivity contribution in [1.29, 1.82) is 0 Å². The van der Waals surface area contributed by atoms with Gasteiger partial charge in [0.25, 0.3) is 0 Å². The van der Waals surface area contributed by atoms with Gasteiger partial charge in [0.05, 0.1) is 12.5 Å². The molecule has 0 rings (SSSR count). The predicted octanol–water partition coefficient (Wildman–Crippen LogP) is -3.33. The van der Waals surface area contributed by atoms with Gasteiger partial charge < -0.3 is 49.3 Å². The fourth-order valence-electron chi connectivity index (χ4n) is 3.51. The van der Waals surface area contributed by atoms with E-state index in [0.717, 1.165) is 0 Å². The minimum atomic E-state index is -1.42. The molecule has 0 saturated carbocycles. The van der Waals surface area contributed by atoms with E-state index in [0.29, 0.717) is 25.8 Å². The SMILES string of the molecule is CCC(C)C(NC(=O)C(CC(N)=O)NC(=O)C(C)N)C(=O)NC(CCC(N)=O)C(=O)NC(CCCCN)C(=O)O. The molecule has 0 aliphatic carbocycles. The normalized spacial score (nSPS) is 15.3. The van der Waals surface area contributed by atoms with Crippen LogP contribution >= 0.6 is 0 Å². The number of carboxylic acid groups (broad SMARTS) is 1. The fourth-order valence-corrected chi connectivity index (χ4v) is 3.51. The Bertz CT molecular complexity index is 913. The Labute approximate surface area is 233 Å². The molecule has 0 aromatic heterocycles. The van der Waals surface area contributed by atoms with Crippen molar-refractivity contribution in [2.24, 2.45) is 28.9 Å². The number of hydrogen-bond donors (Lipinski definition) is 9. The first kappa shape index (κ1) is 36.2. The second-order valence-corrected chi connectivity index (χ2v) is 9.64. The zero-order valence-electron chi connectivity index (χ0n) is 23.2. The third kappa shape index (κ3) is 13.8. The topological polar surface area (TPSA) is 292 Å². The molecule has 0 aromatic carbocycles. The molecule has 6 amide bonds. The summed E-state index contributed by atoms with van der Waals surface area (Å²) in [6, 6.07) is -6.29. The fraction of sp³-hybridized carbons (Fsp3) is 0.708. The molecule has 0 saturated heterocycles. The zero-order chi connectivity index (χ0) is 31.0. The molecule has 228 valence electrons. The number of nitrogens with two attached hydrogens (primary N) is 4. The van der Waals surface area contributed by atoms with Crippen molar-refractivity contribution in [2.75, 3.05) is 6.54 Å². The van der Waals surface area contributed by atoms with Crippen molar-refractivity contribution in [3.05, 3.63) is 0 Å². The van der Waals surface area contributed by atoms with E-state index >= 15 is 0 Å². The number of aliphatic carboxylic acids is 1. The number of primary amides is 2. The molecule has 0 bridgehead atoms. The van der Waals surface area contributed by atoms with Crippen LogP contribution in [0.3, 0.4) is 0 Å². The summed E-state index contributed by atoms with van der Waals surface area (Å²) in [4.78, 5) is 85.8. The maximum atomic E-state index is 13.3. The predicted molar refractivity (Wildman–Crippen MR) is 144 cm³/mol. The van der Waals surface area contributed by atoms with Crippen LogP contribution in [0.25, 0.3) is 0 Å². The third-order valence-corrected chi connectivity index (χ3v) is 6.12. The molecule has 0 radical (unpaired) electrons. The van der Waals surface area contributed by atoms with E-state index in [1.165, 1.54) is 6.92 Å². The molecule has 6 atom stereocenters. The number of carbonyl (C=O) groups excluding carboxylic acids is 6. The summed E-state index contributed by atoms with van der Waals surface area (Å²) in [6.07, 6.45) is 0.356. The first-order valence-corrected chi connectivity index (χ1v) is 13.1. The van der Waals surface area contributed by atoms with Crippen LogP contribution in [0, 0.1) is 5.92 Å². The second-order valence-electron chi connectivity index (χ2n) is 9.64. The summed E-state index contributed by atoms with van der Waals surface area (Å²) in [5.74, 6) is -6.73. The van der Waals surface area contributed by atoms with Crippen LogP contribution in [-0.2, 0) is 33.6 Å². The van der Waals surface area contributed by atoms with Gasteiger partial charge in [-0.1, -0.05) is 20.3 Å². The number of carboxylic acids is 1. The van der Waals surface area contributed by atoms with E-state index in [2.05, 4.69) is 21.3 Å². The molecule has 6 unspecified atom stereocenters. The standard InChI is InChI=1S/C24H44N8O8/c1-4-12(2)19(32-22(37)16(11-18(28)34)31-20(35)13(3)26)23(38)29-14(8-9-17(27)33)21(36)30-15(24(39)40)7-5-6-10-25/h12-16,19H,4-11,25-26H2,1-3H3,(H2,27,33)(H2,28,34)(H,29,38)(H,30,36)(H,31,35)(H,32,37)(H,39,40). The minimum absolute atomic E-state index is 0.0920. The van der Waals surface area contributed by atoms with Gasteiger partial charge in [0.2, 0.25) is 35.4 Å². The van der Waals surface area contributed by atoms with Gasteiger partial charge in [0.15, 0.2) is 0 Å². The van der Waals surface area contributed by atoms with E-state index in [-0.39, 0.29) is 19.3 Å². The van der Waals surface area contributed by atoms with Gasteiger partial charge in [-0.15, -0.1) is 0 Å². The molecule has 40 heavy (non-hydrogen) atoms. The lowest BCUT2D eigenvalue weighted by Gasteiger charge is -2.28. The molecular weight excluding hydrogens is 528 g/mol. The van der Waals surface area contributed by atoms with Gasteiger partial charge in [0.1, 0.15) is 24.2 Å². The first-order valence-electron chi connectivity index (χ1n) is 13.1. The average Bonchev–Trinajstić information content (AvgIpc) is 2.87. The highest BCUT2D eigenvalue weighted by Crippen LogP contribution is 2.11. The third-order valence-electron chi connectivity index (χ3n) is 6.12. The van der Waals surface area contributed by atoms with Gasteiger partial charge in [-0.2, -0.15) is 0 Å². The Kier molecular flexibility index (Phi) is 16.7. The lowest BCUT2D eigenvalue weighted by atomic mass is 9.96. The number of nitrogens with one attached hydrogen (secondary N) is 4. The van der Waals surface area contributed by atoms with Gasteiger partial charge in [-0.3, -0.25) is 28.8 Å². The summed E-state index contributed by atoms with van der Waals surface area (Å²) in [6.45, 7) is 5.10. The zero-order valence-corrected chi connectivity index (χ0v) is 23.2. The molecule has 0 aliphatic rings. The van der Waals surface area contributed by atoms with Crippen molar-refractivity contribution in [3.63, 3.8) is 0 Å². The maximum absolute atomic E-state index is 13.3. The van der Waals surface area contributed by atoms with E-state index in [1.807, 2.05) is 0 Å². The molecule has 0 fully saturated rings. The molecule has 16 heteroatoms. The Balaban J connectivity index is 5.88. The van der Waals surface area contributed by atoms with Crippen LogP contribution < -0.4 is 44.2 Å². The number of carbonyl (C=O) groups is 7. The summed E-state index contributed by atoms with van der Waals surface area (Å²) in [7, 11) is 0. The second kappa shape index (κ2) is 18.5. The number of amides is 6. The molecular formula is C24H44N8O8. The van der Waals surface area contributed by atoms with Crippen LogP contribution in [0.4, 0.5) is 0 Å². The Hall–Kier alpha value is -3.79. The highest BCUT2D eigenvalue weighted by atomic mass is 16.4. The van der Waals surface area contributed by atoms with Crippen LogP contribution in [0.1, 0.15) is 65.7 Å². The Morgan fingerprint density at radius 1 is 0.725 bits per heavy atom. The minimum Gasteiger partial charge on any atom is -0.480 e. The van der Waals surface area contributed by atoms with Crippen molar-refractivity contribution in [2.45, 2.75) is 95.9 Å². The van der Waals surface area contributed by atoms with Gasteiger partial charge in [0, 0.05) is 6.42 Å². The number of hydrogen-bond acceptors (Lipinski definition) is 9. The molecule has 0 heterocycles. The quantitative estimate of drug-likeness (QED) is 0.0654. The lowest BCUT2D eigenvalue weighted by Crippen LogP contribution is -2.60. The van der Waals surface area contributed by atoms with Crippen molar-refractivity contribution in [1.82, 2.24) is 21.3 Å². The maximum Gasteiger partial charge on any atom is 0.326 e. The lowest BCUT2D eigenvalue weighted by molar-refractivity contribution is -0.142. The Morgan fingerprint density at radius 2 is 1.27 bits per heavy atom. The molecule has 0 aliphatic heterocycles. The first-order chi connectivity index (χ1) is 18.6. The molecule has 0 spiro atoms. The molecule has 16 nitrogen and oxygen atoms in total. The summed E-state index contributed by atoms with van der Waals surface area (Å²) < 4.78 is 0. The van der Waals surface area contributed by atoms with E-state index in [9.17, 15) is 38.7 Å². The van der Waals surface area contributed by atoms with Crippen LogP contribution in [0.15, 0.2) is 0 Å². The van der Waals surface area contributed by atoms with Crippen LogP contribution in [0.5, 0.6) is 0 Å². The van der Waals surface area contributed by atoms with Crippen LogP contribution in [-0.4, -0.2) is 83.3 Å². The summed E-state index contributed by atoms with van der Waals surface area (Å²) in [5, 5.41) is 19.1.